The van der Waals surface area contributed by atoms with E-state index in [4.69, 9.17) is 4.74 Å². The quantitative estimate of drug-likeness (QED) is 0.718. The van der Waals surface area contributed by atoms with Gasteiger partial charge in [0.15, 0.2) is 0 Å². The van der Waals surface area contributed by atoms with E-state index in [9.17, 15) is 22.0 Å². The van der Waals surface area contributed by atoms with E-state index in [0.717, 1.165) is 12.1 Å². The topological polar surface area (TPSA) is 72.5 Å². The summed E-state index contributed by atoms with van der Waals surface area (Å²) in [6.45, 7) is 0. The van der Waals surface area contributed by atoms with Crippen LogP contribution in [0.3, 0.4) is 0 Å². The highest BCUT2D eigenvalue weighted by Gasteiger charge is 2.19. The number of halogens is 2. The van der Waals surface area contributed by atoms with Gasteiger partial charge in [-0.15, -0.1) is 0 Å². The van der Waals surface area contributed by atoms with E-state index < -0.39 is 32.5 Å². The van der Waals surface area contributed by atoms with E-state index >= 15 is 0 Å². The van der Waals surface area contributed by atoms with Gasteiger partial charge in [0.2, 0.25) is 9.84 Å². The number of para-hydroxylation sites is 1. The molecular weight excluding hydrogens is 376 g/mol. The number of sulfone groups is 1. The molecule has 3 aromatic carbocycles. The van der Waals surface area contributed by atoms with Gasteiger partial charge in [0, 0.05) is 11.8 Å². The molecule has 0 heterocycles. The maximum Gasteiger partial charge on any atom is 0.417 e. The average Bonchev–Trinajstić information content (AvgIpc) is 2.62. The molecule has 3 rings (SSSR count). The van der Waals surface area contributed by atoms with E-state index in [0.29, 0.717) is 17.5 Å². The maximum absolute atomic E-state index is 13.3. The smallest absolute Gasteiger partial charge is 0.410 e. The summed E-state index contributed by atoms with van der Waals surface area (Å²) in [5.41, 5.74) is 0.292. The van der Waals surface area contributed by atoms with Crippen LogP contribution in [0.25, 0.3) is 0 Å². The number of hydrogen-bond acceptors (Lipinski definition) is 4. The van der Waals surface area contributed by atoms with Crippen LogP contribution in [-0.4, -0.2) is 14.5 Å². The molecule has 0 bridgehead atoms. The number of anilines is 1. The third-order valence-electron chi connectivity index (χ3n) is 3.51. The minimum absolute atomic E-state index is 0.172. The van der Waals surface area contributed by atoms with E-state index in [1.165, 1.54) is 24.3 Å². The molecule has 1 N–H and O–H groups in total. The molecular formula is C19H13F2NO4S. The molecule has 5 nitrogen and oxygen atoms in total. The van der Waals surface area contributed by atoms with Crippen molar-refractivity contribution < 1.29 is 26.7 Å². The summed E-state index contributed by atoms with van der Waals surface area (Å²) in [5.74, 6) is -1.63. The lowest BCUT2D eigenvalue weighted by atomic mass is 10.3. The minimum atomic E-state index is -4.10. The van der Waals surface area contributed by atoms with Crippen molar-refractivity contribution in [2.45, 2.75) is 9.79 Å². The molecule has 0 aromatic heterocycles. The Bertz CT molecular complexity index is 1050. The monoisotopic (exact) mass is 389 g/mol. The Kier molecular flexibility index (Phi) is 5.18. The van der Waals surface area contributed by atoms with Gasteiger partial charge in [0.1, 0.15) is 17.4 Å². The fraction of sp³-hybridized carbons (Fsp3) is 0. The summed E-state index contributed by atoms with van der Waals surface area (Å²) >= 11 is 0. The van der Waals surface area contributed by atoms with Crippen molar-refractivity contribution in [2.24, 2.45) is 0 Å². The summed E-state index contributed by atoms with van der Waals surface area (Å²) in [4.78, 5) is 11.2. The molecule has 0 atom stereocenters. The summed E-state index contributed by atoms with van der Waals surface area (Å²) in [7, 11) is -4.10. The van der Waals surface area contributed by atoms with Crippen LogP contribution >= 0.6 is 0 Å². The van der Waals surface area contributed by atoms with Crippen LogP contribution in [0.5, 0.6) is 5.75 Å². The fourth-order valence-electron chi connectivity index (χ4n) is 2.28. The van der Waals surface area contributed by atoms with Gasteiger partial charge in [-0.25, -0.2) is 22.0 Å². The van der Waals surface area contributed by atoms with Crippen molar-refractivity contribution in [1.29, 1.82) is 0 Å². The molecule has 1 amide bonds. The lowest BCUT2D eigenvalue weighted by molar-refractivity contribution is 0.215. The molecule has 0 aliphatic carbocycles. The van der Waals surface area contributed by atoms with Gasteiger partial charge < -0.3 is 4.74 Å². The maximum atomic E-state index is 13.3. The predicted molar refractivity (Wildman–Crippen MR) is 94.3 cm³/mol. The van der Waals surface area contributed by atoms with Crippen molar-refractivity contribution in [3.8, 4) is 5.75 Å². The Morgan fingerprint density at radius 1 is 0.815 bits per heavy atom. The highest BCUT2D eigenvalue weighted by molar-refractivity contribution is 7.91. The Morgan fingerprint density at radius 2 is 1.41 bits per heavy atom. The lowest BCUT2D eigenvalue weighted by Crippen LogP contribution is -2.16. The molecule has 138 valence electrons. The normalized spacial score (nSPS) is 11.0. The first-order valence-corrected chi connectivity index (χ1v) is 9.18. The van der Waals surface area contributed by atoms with Crippen LogP contribution in [0.15, 0.2) is 82.6 Å². The first-order chi connectivity index (χ1) is 12.8. The second-order valence-corrected chi connectivity index (χ2v) is 7.41. The van der Waals surface area contributed by atoms with Crippen LogP contribution < -0.4 is 10.1 Å². The van der Waals surface area contributed by atoms with Gasteiger partial charge in [-0.3, -0.25) is 5.32 Å². The number of rotatable bonds is 4. The molecule has 0 unspecified atom stereocenters. The number of carbonyl (C=O) groups excluding carboxylic acids is 1. The zero-order chi connectivity index (χ0) is 19.4. The summed E-state index contributed by atoms with van der Waals surface area (Å²) in [6, 6.07) is 15.6. The Labute approximate surface area is 154 Å². The molecule has 27 heavy (non-hydrogen) atoms. The van der Waals surface area contributed by atoms with Crippen molar-refractivity contribution >= 4 is 21.6 Å². The van der Waals surface area contributed by atoms with Crippen molar-refractivity contribution in [2.75, 3.05) is 5.32 Å². The standard InChI is InChI=1S/C19H13F2NO4S/c20-13-10-14(21)12-18(11-13)27(24,25)17-8-6-15(7-9-17)22-19(23)26-16-4-2-1-3-5-16/h1-12H,(H,22,23). The molecule has 0 saturated heterocycles. The molecule has 0 saturated carbocycles. The zero-order valence-electron chi connectivity index (χ0n) is 13.7. The van der Waals surface area contributed by atoms with Crippen LogP contribution in [0.2, 0.25) is 0 Å². The van der Waals surface area contributed by atoms with E-state index in [-0.39, 0.29) is 4.90 Å². The van der Waals surface area contributed by atoms with Gasteiger partial charge in [-0.05, 0) is 48.5 Å². The third kappa shape index (κ3) is 4.48. The summed E-state index contributed by atoms with van der Waals surface area (Å²) < 4.78 is 56.6. The number of hydrogen-bond donors (Lipinski definition) is 1. The highest BCUT2D eigenvalue weighted by Crippen LogP contribution is 2.24. The Morgan fingerprint density at radius 3 is 2.00 bits per heavy atom. The number of benzene rings is 3. The third-order valence-corrected chi connectivity index (χ3v) is 5.26. The SMILES string of the molecule is O=C(Nc1ccc(S(=O)(=O)c2cc(F)cc(F)c2)cc1)Oc1ccccc1. The zero-order valence-corrected chi connectivity index (χ0v) is 14.5. The second-order valence-electron chi connectivity index (χ2n) is 5.46. The largest absolute Gasteiger partial charge is 0.417 e. The minimum Gasteiger partial charge on any atom is -0.410 e. The molecule has 3 aromatic rings. The van der Waals surface area contributed by atoms with Crippen molar-refractivity contribution in [3.05, 3.63) is 84.4 Å². The number of carbonyl (C=O) groups is 1. The molecule has 8 heteroatoms. The van der Waals surface area contributed by atoms with Gasteiger partial charge in [0.05, 0.1) is 9.79 Å². The second kappa shape index (κ2) is 7.55. The number of amides is 1. The molecule has 0 aliphatic heterocycles. The van der Waals surface area contributed by atoms with Crippen LogP contribution in [0.1, 0.15) is 0 Å². The number of ether oxygens (including phenoxy) is 1. The molecule has 0 aliphatic rings. The van der Waals surface area contributed by atoms with Gasteiger partial charge in [0.25, 0.3) is 0 Å². The van der Waals surface area contributed by atoms with Gasteiger partial charge in [-0.1, -0.05) is 18.2 Å². The predicted octanol–water partition coefficient (Wildman–Crippen LogP) is 4.41. The first-order valence-electron chi connectivity index (χ1n) is 7.70. The van der Waals surface area contributed by atoms with E-state index in [1.807, 2.05) is 0 Å². The van der Waals surface area contributed by atoms with Gasteiger partial charge in [-0.2, -0.15) is 0 Å². The Hall–Kier alpha value is -3.26. The van der Waals surface area contributed by atoms with Crippen molar-refractivity contribution in [3.63, 3.8) is 0 Å². The summed E-state index contributed by atoms with van der Waals surface area (Å²) in [5, 5.41) is 2.45. The highest BCUT2D eigenvalue weighted by atomic mass is 32.2. The molecule has 0 radical (unpaired) electrons. The van der Waals surface area contributed by atoms with Crippen LogP contribution in [-0.2, 0) is 9.84 Å². The van der Waals surface area contributed by atoms with Crippen LogP contribution in [0, 0.1) is 11.6 Å². The van der Waals surface area contributed by atoms with E-state index in [2.05, 4.69) is 5.32 Å². The Balaban J connectivity index is 1.75. The first kappa shape index (κ1) is 18.5. The van der Waals surface area contributed by atoms with E-state index in [1.54, 1.807) is 30.3 Å². The fourth-order valence-corrected chi connectivity index (χ4v) is 3.58. The van der Waals surface area contributed by atoms with Gasteiger partial charge >= 0.3 is 6.09 Å². The molecule has 0 spiro atoms. The average molecular weight is 389 g/mol. The van der Waals surface area contributed by atoms with Crippen LogP contribution in [0.4, 0.5) is 19.3 Å². The molecule has 0 fully saturated rings. The number of nitrogens with one attached hydrogen (secondary N) is 1. The lowest BCUT2D eigenvalue weighted by Gasteiger charge is -2.08. The summed E-state index contributed by atoms with van der Waals surface area (Å²) in [6.07, 6.45) is -0.746. The van der Waals surface area contributed by atoms with Crippen molar-refractivity contribution in [1.82, 2.24) is 0 Å².